The SMILES string of the molecule is CC(NC(=O)CSc1nnc(C(F)(F)F)n1C)c1ccc2ccccc2c1. The number of carbonyl (C=O) groups is 1. The summed E-state index contributed by atoms with van der Waals surface area (Å²) in [6.45, 7) is 1.86. The van der Waals surface area contributed by atoms with Crippen LogP contribution in [0.1, 0.15) is 24.4 Å². The van der Waals surface area contributed by atoms with Crippen molar-refractivity contribution < 1.29 is 18.0 Å². The van der Waals surface area contributed by atoms with Crippen molar-refractivity contribution in [3.63, 3.8) is 0 Å². The van der Waals surface area contributed by atoms with Crippen LogP contribution in [0.3, 0.4) is 0 Å². The number of halogens is 3. The first-order chi connectivity index (χ1) is 12.8. The van der Waals surface area contributed by atoms with E-state index in [9.17, 15) is 18.0 Å². The fraction of sp³-hybridized carbons (Fsp3) is 0.278. The number of benzene rings is 2. The Kier molecular flexibility index (Phi) is 5.41. The predicted octanol–water partition coefficient (Wildman–Crippen LogP) is 3.96. The van der Waals surface area contributed by atoms with Gasteiger partial charge in [0.15, 0.2) is 5.16 Å². The molecule has 0 saturated carbocycles. The number of amides is 1. The van der Waals surface area contributed by atoms with Crippen LogP contribution in [0.15, 0.2) is 47.6 Å². The van der Waals surface area contributed by atoms with Crippen molar-refractivity contribution >= 4 is 28.4 Å². The predicted molar refractivity (Wildman–Crippen MR) is 97.2 cm³/mol. The molecule has 27 heavy (non-hydrogen) atoms. The van der Waals surface area contributed by atoms with Crippen molar-refractivity contribution in [2.24, 2.45) is 7.05 Å². The number of hydrogen-bond acceptors (Lipinski definition) is 4. The van der Waals surface area contributed by atoms with Crippen LogP contribution < -0.4 is 5.32 Å². The van der Waals surface area contributed by atoms with E-state index in [1.807, 2.05) is 49.4 Å². The van der Waals surface area contributed by atoms with E-state index < -0.39 is 12.0 Å². The molecule has 0 spiro atoms. The molecule has 142 valence electrons. The largest absolute Gasteiger partial charge is 0.451 e. The van der Waals surface area contributed by atoms with Crippen molar-refractivity contribution in [2.75, 3.05) is 5.75 Å². The third-order valence-electron chi connectivity index (χ3n) is 4.07. The van der Waals surface area contributed by atoms with E-state index in [1.54, 1.807) is 0 Å². The smallest absolute Gasteiger partial charge is 0.349 e. The standard InChI is InChI=1S/C18H17F3N4OS/c1-11(13-8-7-12-5-3-4-6-14(12)9-13)22-15(26)10-27-17-24-23-16(25(17)2)18(19,20)21/h3-9,11H,10H2,1-2H3,(H,22,26). The van der Waals surface area contributed by atoms with Gasteiger partial charge in [-0.3, -0.25) is 4.79 Å². The summed E-state index contributed by atoms with van der Waals surface area (Å²) >= 11 is 0.909. The van der Waals surface area contributed by atoms with E-state index in [2.05, 4.69) is 15.5 Å². The molecule has 3 rings (SSSR count). The number of thioether (sulfide) groups is 1. The minimum Gasteiger partial charge on any atom is -0.349 e. The van der Waals surface area contributed by atoms with Crippen LogP contribution in [0.4, 0.5) is 13.2 Å². The van der Waals surface area contributed by atoms with Gasteiger partial charge in [-0.15, -0.1) is 10.2 Å². The maximum atomic E-state index is 12.7. The zero-order valence-corrected chi connectivity index (χ0v) is 15.4. The van der Waals surface area contributed by atoms with Gasteiger partial charge in [-0.2, -0.15) is 13.2 Å². The van der Waals surface area contributed by atoms with Crippen LogP contribution in [-0.4, -0.2) is 26.4 Å². The molecule has 0 fully saturated rings. The first-order valence-corrected chi connectivity index (χ1v) is 9.11. The zero-order valence-electron chi connectivity index (χ0n) is 14.6. The highest BCUT2D eigenvalue weighted by molar-refractivity contribution is 7.99. The van der Waals surface area contributed by atoms with Gasteiger partial charge in [0.25, 0.3) is 0 Å². The third kappa shape index (κ3) is 4.41. The third-order valence-corrected chi connectivity index (χ3v) is 5.09. The molecule has 2 aromatic carbocycles. The van der Waals surface area contributed by atoms with Gasteiger partial charge in [-0.1, -0.05) is 48.2 Å². The highest BCUT2D eigenvalue weighted by atomic mass is 32.2. The average molecular weight is 394 g/mol. The Morgan fingerprint density at radius 3 is 2.56 bits per heavy atom. The number of fused-ring (bicyclic) bond motifs is 1. The van der Waals surface area contributed by atoms with Crippen LogP contribution in [0, 0.1) is 0 Å². The molecule has 3 aromatic rings. The molecule has 1 heterocycles. The maximum Gasteiger partial charge on any atom is 0.451 e. The Morgan fingerprint density at radius 2 is 1.89 bits per heavy atom. The molecule has 9 heteroatoms. The number of hydrogen-bond donors (Lipinski definition) is 1. The molecule has 1 amide bonds. The molecule has 1 atom stereocenters. The highest BCUT2D eigenvalue weighted by Crippen LogP contribution is 2.29. The van der Waals surface area contributed by atoms with Crippen molar-refractivity contribution in [3.05, 3.63) is 53.9 Å². The second kappa shape index (κ2) is 7.59. The first kappa shape index (κ1) is 19.2. The molecule has 1 aromatic heterocycles. The van der Waals surface area contributed by atoms with E-state index in [0.717, 1.165) is 32.7 Å². The van der Waals surface area contributed by atoms with Crippen LogP contribution in [0.25, 0.3) is 10.8 Å². The van der Waals surface area contributed by atoms with Gasteiger partial charge in [-0.25, -0.2) is 0 Å². The molecule has 0 bridgehead atoms. The van der Waals surface area contributed by atoms with Gasteiger partial charge in [0.05, 0.1) is 11.8 Å². The Bertz CT molecular complexity index is 971. The Morgan fingerprint density at radius 1 is 1.19 bits per heavy atom. The normalized spacial score (nSPS) is 12.9. The second-order valence-electron chi connectivity index (χ2n) is 6.05. The summed E-state index contributed by atoms with van der Waals surface area (Å²) in [6.07, 6.45) is -4.58. The van der Waals surface area contributed by atoms with Gasteiger partial charge in [0.1, 0.15) is 0 Å². The lowest BCUT2D eigenvalue weighted by molar-refractivity contribution is -0.147. The number of alkyl halides is 3. The Hall–Kier alpha value is -2.55. The van der Waals surface area contributed by atoms with Gasteiger partial charge in [-0.05, 0) is 29.3 Å². The van der Waals surface area contributed by atoms with Gasteiger partial charge < -0.3 is 9.88 Å². The van der Waals surface area contributed by atoms with Crippen molar-refractivity contribution in [1.82, 2.24) is 20.1 Å². The number of nitrogens with zero attached hydrogens (tertiary/aromatic N) is 3. The fourth-order valence-electron chi connectivity index (χ4n) is 2.66. The van der Waals surface area contributed by atoms with E-state index in [0.29, 0.717) is 0 Å². The minimum atomic E-state index is -4.58. The molecule has 1 N–H and O–H groups in total. The van der Waals surface area contributed by atoms with Crippen LogP contribution in [-0.2, 0) is 18.0 Å². The van der Waals surface area contributed by atoms with Crippen LogP contribution in [0.2, 0.25) is 0 Å². The summed E-state index contributed by atoms with van der Waals surface area (Å²) in [5.74, 6) is -1.44. The summed E-state index contributed by atoms with van der Waals surface area (Å²) in [5.41, 5.74) is 0.949. The molecule has 0 aliphatic heterocycles. The molecule has 0 radical (unpaired) electrons. The first-order valence-electron chi connectivity index (χ1n) is 8.13. The summed E-state index contributed by atoms with van der Waals surface area (Å²) in [7, 11) is 1.22. The number of nitrogens with one attached hydrogen (secondary N) is 1. The summed E-state index contributed by atoms with van der Waals surface area (Å²) in [4.78, 5) is 12.2. The van der Waals surface area contributed by atoms with Crippen molar-refractivity contribution in [3.8, 4) is 0 Å². The molecular weight excluding hydrogens is 377 g/mol. The lowest BCUT2D eigenvalue weighted by Gasteiger charge is -2.15. The topological polar surface area (TPSA) is 59.8 Å². The van der Waals surface area contributed by atoms with Crippen LogP contribution in [0.5, 0.6) is 0 Å². The van der Waals surface area contributed by atoms with Gasteiger partial charge in [0.2, 0.25) is 11.7 Å². The summed E-state index contributed by atoms with van der Waals surface area (Å²) < 4.78 is 39.0. The second-order valence-corrected chi connectivity index (χ2v) is 6.99. The van der Waals surface area contributed by atoms with E-state index in [-0.39, 0.29) is 22.9 Å². The van der Waals surface area contributed by atoms with E-state index >= 15 is 0 Å². The van der Waals surface area contributed by atoms with E-state index in [4.69, 9.17) is 0 Å². The van der Waals surface area contributed by atoms with E-state index in [1.165, 1.54) is 7.05 Å². The lowest BCUT2D eigenvalue weighted by atomic mass is 10.0. The number of aromatic nitrogens is 3. The molecule has 1 unspecified atom stereocenters. The monoisotopic (exact) mass is 394 g/mol. The lowest BCUT2D eigenvalue weighted by Crippen LogP contribution is -2.28. The molecule has 0 saturated heterocycles. The summed E-state index contributed by atoms with van der Waals surface area (Å²) in [6, 6.07) is 13.6. The summed E-state index contributed by atoms with van der Waals surface area (Å²) in [5, 5.41) is 11.7. The molecule has 5 nitrogen and oxygen atoms in total. The van der Waals surface area contributed by atoms with Gasteiger partial charge >= 0.3 is 6.18 Å². The minimum absolute atomic E-state index is 0.0378. The quantitative estimate of drug-likeness (QED) is 0.666. The highest BCUT2D eigenvalue weighted by Gasteiger charge is 2.37. The average Bonchev–Trinajstić information content (AvgIpc) is 3.00. The molecular formula is C18H17F3N4OS. The molecule has 0 aliphatic carbocycles. The Balaban J connectivity index is 1.61. The number of rotatable bonds is 5. The Labute approximate surface area is 158 Å². The van der Waals surface area contributed by atoms with Crippen molar-refractivity contribution in [2.45, 2.75) is 24.3 Å². The number of carbonyl (C=O) groups excluding carboxylic acids is 1. The fourth-order valence-corrected chi connectivity index (χ4v) is 3.38. The van der Waals surface area contributed by atoms with Gasteiger partial charge in [0, 0.05) is 7.05 Å². The zero-order chi connectivity index (χ0) is 19.6. The maximum absolute atomic E-state index is 12.7. The molecule has 0 aliphatic rings. The van der Waals surface area contributed by atoms with Crippen LogP contribution >= 0.6 is 11.8 Å². The van der Waals surface area contributed by atoms with Crippen molar-refractivity contribution in [1.29, 1.82) is 0 Å².